The van der Waals surface area contributed by atoms with Crippen molar-refractivity contribution in [2.45, 2.75) is 31.7 Å². The van der Waals surface area contributed by atoms with E-state index in [-0.39, 0.29) is 17.7 Å². The zero-order valence-electron chi connectivity index (χ0n) is 17.4. The number of carbonyl (C=O) groups excluding carboxylic acids is 3. The van der Waals surface area contributed by atoms with Crippen molar-refractivity contribution in [1.29, 1.82) is 0 Å². The van der Waals surface area contributed by atoms with Gasteiger partial charge in [-0.3, -0.25) is 14.4 Å². The van der Waals surface area contributed by atoms with Crippen LogP contribution in [0.3, 0.4) is 0 Å². The number of aromatic nitrogens is 1. The molecular weight excluding hydrogens is 392 g/mol. The molecule has 0 spiro atoms. The van der Waals surface area contributed by atoms with Crippen LogP contribution in [0.5, 0.6) is 0 Å². The first-order valence-corrected chi connectivity index (χ1v) is 10.6. The maximum atomic E-state index is 13.0. The van der Waals surface area contributed by atoms with Gasteiger partial charge in [0.2, 0.25) is 11.8 Å². The average molecular weight is 416 g/mol. The van der Waals surface area contributed by atoms with Gasteiger partial charge in [0.1, 0.15) is 6.04 Å². The minimum absolute atomic E-state index is 0.114. The number of aryl methyl sites for hydroxylation is 2. The van der Waals surface area contributed by atoms with Crippen LogP contribution in [0.1, 0.15) is 35.2 Å². The number of nitrogens with zero attached hydrogens (tertiary/aromatic N) is 2. The Kier molecular flexibility index (Phi) is 4.73. The largest absolute Gasteiger partial charge is 0.350 e. The van der Waals surface area contributed by atoms with Crippen molar-refractivity contribution in [3.63, 3.8) is 0 Å². The molecule has 3 amide bonds. The standard InChI is InChI=1S/C24H24N4O3/c1-27-14-15(17-5-2-3-6-20(17)27)8-11-22(29)25-16-9-10-19-18(13-16)24(31)28-12-4-7-21(28)23(30)26-19/h2-3,5-6,9-10,13-14,21H,4,7-8,11-12H2,1H3,(H,25,29)(H,26,30). The lowest BCUT2D eigenvalue weighted by Crippen LogP contribution is -2.40. The van der Waals surface area contributed by atoms with Gasteiger partial charge in [-0.15, -0.1) is 0 Å². The van der Waals surface area contributed by atoms with Crippen LogP contribution in [0.15, 0.2) is 48.7 Å². The Morgan fingerprint density at radius 1 is 1.19 bits per heavy atom. The Hall–Kier alpha value is -3.61. The van der Waals surface area contributed by atoms with E-state index in [1.165, 1.54) is 0 Å². The van der Waals surface area contributed by atoms with Gasteiger partial charge in [0, 0.05) is 42.8 Å². The van der Waals surface area contributed by atoms with Gasteiger partial charge in [-0.05, 0) is 49.1 Å². The van der Waals surface area contributed by atoms with E-state index < -0.39 is 6.04 Å². The fourth-order valence-electron chi connectivity index (χ4n) is 4.66. The number of hydrogen-bond acceptors (Lipinski definition) is 3. The molecule has 5 rings (SSSR count). The molecule has 0 aliphatic carbocycles. The second-order valence-electron chi connectivity index (χ2n) is 8.24. The predicted octanol–water partition coefficient (Wildman–Crippen LogP) is 3.31. The zero-order chi connectivity index (χ0) is 21.5. The molecule has 1 unspecified atom stereocenters. The van der Waals surface area contributed by atoms with Crippen molar-refractivity contribution in [1.82, 2.24) is 9.47 Å². The highest BCUT2D eigenvalue weighted by molar-refractivity contribution is 6.11. The summed E-state index contributed by atoms with van der Waals surface area (Å²) in [5, 5.41) is 6.91. The summed E-state index contributed by atoms with van der Waals surface area (Å²) in [6.45, 7) is 0.581. The molecule has 1 fully saturated rings. The van der Waals surface area contributed by atoms with Gasteiger partial charge >= 0.3 is 0 Å². The second kappa shape index (κ2) is 7.58. The molecule has 0 saturated carbocycles. The van der Waals surface area contributed by atoms with Gasteiger partial charge in [-0.1, -0.05) is 18.2 Å². The third kappa shape index (κ3) is 3.46. The lowest BCUT2D eigenvalue weighted by molar-refractivity contribution is -0.119. The van der Waals surface area contributed by atoms with Gasteiger partial charge < -0.3 is 20.1 Å². The molecule has 1 aromatic heterocycles. The molecule has 2 aromatic carbocycles. The highest BCUT2D eigenvalue weighted by Gasteiger charge is 2.38. The minimum Gasteiger partial charge on any atom is -0.350 e. The molecule has 3 heterocycles. The predicted molar refractivity (Wildman–Crippen MR) is 119 cm³/mol. The lowest BCUT2D eigenvalue weighted by atomic mass is 10.1. The highest BCUT2D eigenvalue weighted by atomic mass is 16.2. The van der Waals surface area contributed by atoms with E-state index in [1.54, 1.807) is 23.1 Å². The number of para-hydroxylation sites is 1. The van der Waals surface area contributed by atoms with Crippen LogP contribution >= 0.6 is 0 Å². The molecule has 7 nitrogen and oxygen atoms in total. The van der Waals surface area contributed by atoms with Crippen molar-refractivity contribution < 1.29 is 14.4 Å². The van der Waals surface area contributed by atoms with E-state index in [0.717, 1.165) is 22.9 Å². The molecule has 7 heteroatoms. The molecule has 2 aliphatic rings. The Balaban J connectivity index is 1.30. The number of hydrogen-bond donors (Lipinski definition) is 2. The first-order chi connectivity index (χ1) is 15.0. The molecule has 1 atom stereocenters. The van der Waals surface area contributed by atoms with E-state index in [4.69, 9.17) is 0 Å². The number of fused-ring (bicyclic) bond motifs is 3. The van der Waals surface area contributed by atoms with E-state index >= 15 is 0 Å². The minimum atomic E-state index is -0.404. The Labute approximate surface area is 180 Å². The van der Waals surface area contributed by atoms with E-state index in [9.17, 15) is 14.4 Å². The maximum absolute atomic E-state index is 13.0. The molecule has 2 N–H and O–H groups in total. The number of nitrogens with one attached hydrogen (secondary N) is 2. The van der Waals surface area contributed by atoms with Crippen LogP contribution in [0.25, 0.3) is 10.9 Å². The number of amides is 3. The van der Waals surface area contributed by atoms with Gasteiger partial charge in [-0.2, -0.15) is 0 Å². The molecule has 31 heavy (non-hydrogen) atoms. The molecule has 0 bridgehead atoms. The highest BCUT2D eigenvalue weighted by Crippen LogP contribution is 2.30. The lowest BCUT2D eigenvalue weighted by Gasteiger charge is -2.20. The fourth-order valence-corrected chi connectivity index (χ4v) is 4.66. The summed E-state index contributed by atoms with van der Waals surface area (Å²) in [5.41, 5.74) is 3.75. The fraction of sp³-hybridized carbons (Fsp3) is 0.292. The molecular formula is C24H24N4O3. The van der Waals surface area contributed by atoms with Crippen LogP contribution in [0.4, 0.5) is 11.4 Å². The Bertz CT molecular complexity index is 1210. The summed E-state index contributed by atoms with van der Waals surface area (Å²) in [5.74, 6) is -0.420. The normalized spacial score (nSPS) is 17.8. The van der Waals surface area contributed by atoms with Crippen molar-refractivity contribution in [2.24, 2.45) is 7.05 Å². The SMILES string of the molecule is Cn1cc(CCC(=O)Nc2ccc3c(c2)C(=O)N2CCCC2C(=O)N3)c2ccccc21. The Morgan fingerprint density at radius 3 is 2.90 bits per heavy atom. The summed E-state index contributed by atoms with van der Waals surface area (Å²) < 4.78 is 2.07. The van der Waals surface area contributed by atoms with E-state index in [1.807, 2.05) is 19.2 Å². The summed E-state index contributed by atoms with van der Waals surface area (Å²) in [6.07, 6.45) is 4.54. The first kappa shape index (κ1) is 19.4. The number of benzene rings is 2. The van der Waals surface area contributed by atoms with Crippen LogP contribution < -0.4 is 10.6 Å². The maximum Gasteiger partial charge on any atom is 0.256 e. The van der Waals surface area contributed by atoms with Crippen LogP contribution in [-0.4, -0.2) is 39.8 Å². The molecule has 158 valence electrons. The molecule has 2 aliphatic heterocycles. The monoisotopic (exact) mass is 416 g/mol. The van der Waals surface area contributed by atoms with Crippen molar-refractivity contribution in [3.8, 4) is 0 Å². The average Bonchev–Trinajstić information content (AvgIpc) is 3.36. The van der Waals surface area contributed by atoms with Crippen LogP contribution in [0.2, 0.25) is 0 Å². The second-order valence-corrected chi connectivity index (χ2v) is 8.24. The molecule has 3 aromatic rings. The zero-order valence-corrected chi connectivity index (χ0v) is 17.4. The number of rotatable bonds is 4. The van der Waals surface area contributed by atoms with Crippen molar-refractivity contribution in [2.75, 3.05) is 17.2 Å². The Morgan fingerprint density at radius 2 is 2.03 bits per heavy atom. The quantitative estimate of drug-likeness (QED) is 0.685. The topological polar surface area (TPSA) is 83.4 Å². The van der Waals surface area contributed by atoms with E-state index in [0.29, 0.717) is 42.7 Å². The number of carbonyl (C=O) groups is 3. The van der Waals surface area contributed by atoms with Gasteiger partial charge in [0.25, 0.3) is 5.91 Å². The third-order valence-corrected chi connectivity index (χ3v) is 6.21. The van der Waals surface area contributed by atoms with Crippen LogP contribution in [0, 0.1) is 0 Å². The van der Waals surface area contributed by atoms with Gasteiger partial charge in [0.05, 0.1) is 11.3 Å². The van der Waals surface area contributed by atoms with Crippen molar-refractivity contribution in [3.05, 3.63) is 59.8 Å². The first-order valence-electron chi connectivity index (χ1n) is 10.6. The number of anilines is 2. The van der Waals surface area contributed by atoms with Gasteiger partial charge in [0.15, 0.2) is 0 Å². The smallest absolute Gasteiger partial charge is 0.256 e. The van der Waals surface area contributed by atoms with Crippen molar-refractivity contribution >= 4 is 40.0 Å². The van der Waals surface area contributed by atoms with Gasteiger partial charge in [-0.25, -0.2) is 0 Å². The third-order valence-electron chi connectivity index (χ3n) is 6.21. The summed E-state index contributed by atoms with van der Waals surface area (Å²) >= 11 is 0. The molecule has 0 radical (unpaired) electrons. The van der Waals surface area contributed by atoms with E-state index in [2.05, 4.69) is 33.5 Å². The molecule has 1 saturated heterocycles. The summed E-state index contributed by atoms with van der Waals surface area (Å²) in [4.78, 5) is 39.6. The summed E-state index contributed by atoms with van der Waals surface area (Å²) in [6, 6.07) is 12.8. The summed E-state index contributed by atoms with van der Waals surface area (Å²) in [7, 11) is 2.00. The van der Waals surface area contributed by atoms with Crippen LogP contribution in [-0.2, 0) is 23.1 Å².